The first-order chi connectivity index (χ1) is 11.0. The van der Waals surface area contributed by atoms with Crippen molar-refractivity contribution in [2.24, 2.45) is 12.5 Å². The fourth-order valence-electron chi connectivity index (χ4n) is 3.55. The minimum absolute atomic E-state index is 0.0211. The van der Waals surface area contributed by atoms with E-state index >= 15 is 0 Å². The van der Waals surface area contributed by atoms with Crippen LogP contribution in [0.2, 0.25) is 5.02 Å². The number of aliphatic hydroxyl groups is 1. The summed E-state index contributed by atoms with van der Waals surface area (Å²) in [5.74, 6) is 0. The van der Waals surface area contributed by atoms with Gasteiger partial charge in [0.05, 0.1) is 10.7 Å². The lowest BCUT2D eigenvalue weighted by Gasteiger charge is -2.30. The van der Waals surface area contributed by atoms with Gasteiger partial charge in [0, 0.05) is 49.0 Å². The van der Waals surface area contributed by atoms with E-state index < -0.39 is 0 Å². The normalized spacial score (nSPS) is 24.3. The van der Waals surface area contributed by atoms with E-state index in [1.165, 1.54) is 6.42 Å². The third-order valence-corrected chi connectivity index (χ3v) is 5.35. The van der Waals surface area contributed by atoms with Crippen LogP contribution in [0.4, 0.5) is 0 Å². The van der Waals surface area contributed by atoms with Crippen molar-refractivity contribution in [2.45, 2.75) is 38.8 Å². The van der Waals surface area contributed by atoms with Gasteiger partial charge < -0.3 is 10.4 Å². The Bertz CT molecular complexity index is 685. The van der Waals surface area contributed by atoms with Crippen LogP contribution in [0.5, 0.6) is 0 Å². The lowest BCUT2D eigenvalue weighted by molar-refractivity contribution is 0.118. The summed E-state index contributed by atoms with van der Waals surface area (Å²) in [5, 5.41) is 18.6. The summed E-state index contributed by atoms with van der Waals surface area (Å²) >= 11 is 6.33. The van der Waals surface area contributed by atoms with Crippen molar-refractivity contribution in [3.05, 3.63) is 41.0 Å². The fraction of sp³-hybridized carbons (Fsp3) is 0.500. The number of aromatic nitrogens is 2. The molecule has 0 aliphatic heterocycles. The molecule has 0 spiro atoms. The molecule has 23 heavy (non-hydrogen) atoms. The van der Waals surface area contributed by atoms with Gasteiger partial charge in [0.2, 0.25) is 0 Å². The molecule has 5 heteroatoms. The zero-order valence-electron chi connectivity index (χ0n) is 13.7. The summed E-state index contributed by atoms with van der Waals surface area (Å²) in [7, 11) is 1.93. The topological polar surface area (TPSA) is 50.1 Å². The van der Waals surface area contributed by atoms with E-state index in [0.717, 1.165) is 36.2 Å². The van der Waals surface area contributed by atoms with E-state index in [-0.39, 0.29) is 12.0 Å². The maximum absolute atomic E-state index is 9.69. The average molecular weight is 334 g/mol. The van der Waals surface area contributed by atoms with Gasteiger partial charge in [0.25, 0.3) is 0 Å². The summed E-state index contributed by atoms with van der Waals surface area (Å²) in [6.45, 7) is 3.12. The number of hydrogen-bond donors (Lipinski definition) is 2. The highest BCUT2D eigenvalue weighted by Gasteiger charge is 2.37. The molecule has 3 rings (SSSR count). The summed E-state index contributed by atoms with van der Waals surface area (Å²) in [5.41, 5.74) is 3.00. The molecule has 0 radical (unpaired) electrons. The maximum atomic E-state index is 9.69. The highest BCUT2D eigenvalue weighted by Crippen LogP contribution is 2.38. The zero-order chi connectivity index (χ0) is 16.4. The van der Waals surface area contributed by atoms with Gasteiger partial charge in [0.1, 0.15) is 0 Å². The molecule has 1 fully saturated rings. The molecule has 0 amide bonds. The van der Waals surface area contributed by atoms with Gasteiger partial charge >= 0.3 is 0 Å². The van der Waals surface area contributed by atoms with E-state index in [0.29, 0.717) is 11.1 Å². The Kier molecular flexibility index (Phi) is 4.76. The molecule has 1 heterocycles. The Labute approximate surface area is 142 Å². The van der Waals surface area contributed by atoms with E-state index in [9.17, 15) is 5.11 Å². The van der Waals surface area contributed by atoms with Gasteiger partial charge in [-0.15, -0.1) is 0 Å². The van der Waals surface area contributed by atoms with E-state index in [1.807, 2.05) is 42.2 Å². The van der Waals surface area contributed by atoms with Crippen molar-refractivity contribution in [1.82, 2.24) is 15.1 Å². The second kappa shape index (κ2) is 6.63. The molecular weight excluding hydrogens is 310 g/mol. The predicted octanol–water partition coefficient (Wildman–Crippen LogP) is 3.38. The molecule has 4 nitrogen and oxygen atoms in total. The Hall–Kier alpha value is -1.36. The third kappa shape index (κ3) is 3.30. The van der Waals surface area contributed by atoms with Crippen LogP contribution in [0.15, 0.2) is 30.5 Å². The van der Waals surface area contributed by atoms with Crippen LogP contribution in [0.3, 0.4) is 0 Å². The fourth-order valence-corrected chi connectivity index (χ4v) is 3.78. The summed E-state index contributed by atoms with van der Waals surface area (Å²) in [6.07, 6.45) is 5.39. The number of rotatable bonds is 5. The lowest BCUT2D eigenvalue weighted by Crippen LogP contribution is -2.41. The highest BCUT2D eigenvalue weighted by molar-refractivity contribution is 6.33. The van der Waals surface area contributed by atoms with E-state index in [1.54, 1.807) is 0 Å². The molecular formula is C18H24ClN3O. The van der Waals surface area contributed by atoms with Gasteiger partial charge in [-0.1, -0.05) is 43.1 Å². The molecule has 2 N–H and O–H groups in total. The first-order valence-electron chi connectivity index (χ1n) is 8.15. The molecule has 1 aliphatic rings. The van der Waals surface area contributed by atoms with Crippen LogP contribution >= 0.6 is 11.6 Å². The van der Waals surface area contributed by atoms with Gasteiger partial charge in [-0.2, -0.15) is 5.10 Å². The molecule has 2 unspecified atom stereocenters. The molecule has 0 saturated heterocycles. The van der Waals surface area contributed by atoms with Crippen molar-refractivity contribution in [3.8, 4) is 11.3 Å². The second-order valence-corrected chi connectivity index (χ2v) is 7.20. The Balaban J connectivity index is 1.81. The predicted molar refractivity (Wildman–Crippen MR) is 93.3 cm³/mol. The van der Waals surface area contributed by atoms with Crippen LogP contribution in [-0.4, -0.2) is 27.5 Å². The first-order valence-corrected chi connectivity index (χ1v) is 8.53. The second-order valence-electron chi connectivity index (χ2n) is 6.79. The van der Waals surface area contributed by atoms with Crippen molar-refractivity contribution < 1.29 is 5.11 Å². The van der Waals surface area contributed by atoms with Crippen molar-refractivity contribution in [1.29, 1.82) is 0 Å². The Morgan fingerprint density at radius 1 is 1.43 bits per heavy atom. The molecule has 2 atom stereocenters. The van der Waals surface area contributed by atoms with Crippen LogP contribution in [0.1, 0.15) is 31.7 Å². The number of nitrogens with zero attached hydrogens (tertiary/aromatic N) is 2. The number of hydrogen-bond acceptors (Lipinski definition) is 3. The van der Waals surface area contributed by atoms with Gasteiger partial charge in [-0.3, -0.25) is 4.68 Å². The van der Waals surface area contributed by atoms with E-state index in [2.05, 4.69) is 17.3 Å². The lowest BCUT2D eigenvalue weighted by atomic mass is 9.85. The van der Waals surface area contributed by atoms with Gasteiger partial charge in [-0.25, -0.2) is 0 Å². The van der Waals surface area contributed by atoms with Crippen LogP contribution in [0, 0.1) is 5.41 Å². The zero-order valence-corrected chi connectivity index (χ0v) is 14.5. The molecule has 1 aliphatic carbocycles. The summed E-state index contributed by atoms with van der Waals surface area (Å²) in [6, 6.07) is 8.14. The maximum Gasteiger partial charge on any atom is 0.0982 e. The monoisotopic (exact) mass is 333 g/mol. The van der Waals surface area contributed by atoms with Crippen LogP contribution < -0.4 is 5.32 Å². The largest absolute Gasteiger partial charge is 0.396 e. The molecule has 0 bridgehead atoms. The standard InChI is InChI=1S/C18H24ClN3O/c1-18(12-23)9-5-8-16(18)20-10-13-11-22(2)21-17(13)14-6-3-4-7-15(14)19/h3-4,6-7,11,16,20,23H,5,8-10,12H2,1-2H3. The van der Waals surface area contributed by atoms with Crippen LogP contribution in [-0.2, 0) is 13.6 Å². The molecule has 124 valence electrons. The van der Waals surface area contributed by atoms with Crippen molar-refractivity contribution in [3.63, 3.8) is 0 Å². The number of aryl methyl sites for hydroxylation is 1. The minimum atomic E-state index is -0.0211. The van der Waals surface area contributed by atoms with Crippen LogP contribution in [0.25, 0.3) is 11.3 Å². The molecule has 1 aromatic heterocycles. The smallest absolute Gasteiger partial charge is 0.0982 e. The van der Waals surface area contributed by atoms with Crippen molar-refractivity contribution in [2.75, 3.05) is 6.61 Å². The number of benzene rings is 1. The Morgan fingerprint density at radius 2 is 2.22 bits per heavy atom. The Morgan fingerprint density at radius 3 is 2.96 bits per heavy atom. The quantitative estimate of drug-likeness (QED) is 0.882. The highest BCUT2D eigenvalue weighted by atomic mass is 35.5. The molecule has 2 aromatic rings. The van der Waals surface area contributed by atoms with Gasteiger partial charge in [-0.05, 0) is 18.9 Å². The minimum Gasteiger partial charge on any atom is -0.396 e. The first kappa shape index (κ1) is 16.5. The number of nitrogens with one attached hydrogen (secondary N) is 1. The third-order valence-electron chi connectivity index (χ3n) is 5.02. The molecule has 1 aromatic carbocycles. The SMILES string of the molecule is Cn1cc(CNC2CCCC2(C)CO)c(-c2ccccc2Cl)n1. The summed E-state index contributed by atoms with van der Waals surface area (Å²) < 4.78 is 1.83. The number of halogens is 1. The molecule has 1 saturated carbocycles. The number of aliphatic hydroxyl groups excluding tert-OH is 1. The van der Waals surface area contributed by atoms with Crippen molar-refractivity contribution >= 4 is 11.6 Å². The van der Waals surface area contributed by atoms with E-state index in [4.69, 9.17) is 11.6 Å². The summed E-state index contributed by atoms with van der Waals surface area (Å²) in [4.78, 5) is 0. The average Bonchev–Trinajstić information content (AvgIpc) is 3.09. The van der Waals surface area contributed by atoms with Gasteiger partial charge in [0.15, 0.2) is 0 Å².